The van der Waals surface area contributed by atoms with Crippen molar-refractivity contribution in [2.45, 2.75) is 24.7 Å². The van der Waals surface area contributed by atoms with Crippen LogP contribution in [-0.4, -0.2) is 21.6 Å². The summed E-state index contributed by atoms with van der Waals surface area (Å²) in [5.41, 5.74) is 5.53. The molecule has 2 heteroatoms. The van der Waals surface area contributed by atoms with Gasteiger partial charge >= 0.3 is 46.5 Å². The molecule has 0 saturated heterocycles. The van der Waals surface area contributed by atoms with Crippen LogP contribution in [0.5, 0.6) is 0 Å². The summed E-state index contributed by atoms with van der Waals surface area (Å²) in [6.45, 7) is 4.01. The Morgan fingerprint density at radius 3 is 1.83 bits per heavy atom. The van der Waals surface area contributed by atoms with E-state index in [-0.39, 0.29) is 5.54 Å². The van der Waals surface area contributed by atoms with Crippen molar-refractivity contribution in [1.29, 1.82) is 0 Å². The zero-order valence-electron chi connectivity index (χ0n) is 4.23. The fraction of sp³-hybridized carbons (Fsp3) is 1.00. The average Bonchev–Trinajstić information content (AvgIpc) is 1.35. The summed E-state index contributed by atoms with van der Waals surface area (Å²) in [5, 5.41) is 0.986. The third kappa shape index (κ3) is 4.48. The summed E-state index contributed by atoms with van der Waals surface area (Å²) in [6, 6.07) is 0. The third-order valence-electron chi connectivity index (χ3n) is 0.408. The van der Waals surface area contributed by atoms with Gasteiger partial charge in [0.2, 0.25) is 0 Å². The Labute approximate surface area is 47.1 Å². The minimum atomic E-state index is 0.0139. The van der Waals surface area contributed by atoms with Crippen molar-refractivity contribution in [3.63, 3.8) is 0 Å². The topological polar surface area (TPSA) is 26.0 Å². The van der Waals surface area contributed by atoms with Crippen molar-refractivity contribution < 1.29 is 0 Å². The van der Waals surface area contributed by atoms with E-state index in [0.29, 0.717) is 0 Å². The Morgan fingerprint density at radius 1 is 1.67 bits per heavy atom. The summed E-state index contributed by atoms with van der Waals surface area (Å²) in [7, 11) is 0. The van der Waals surface area contributed by atoms with Gasteiger partial charge in [0.05, 0.1) is 0 Å². The van der Waals surface area contributed by atoms with Gasteiger partial charge in [0.15, 0.2) is 0 Å². The van der Waals surface area contributed by atoms with E-state index in [1.807, 2.05) is 13.8 Å². The normalized spacial score (nSPS) is 12.0. The molecule has 0 rings (SSSR count). The predicted molar refractivity (Wildman–Crippen MR) is 30.2 cm³/mol. The average molecular weight is 152 g/mol. The van der Waals surface area contributed by atoms with Gasteiger partial charge in [-0.3, -0.25) is 0 Å². The molecule has 0 atom stereocenters. The zero-order chi connectivity index (χ0) is 5.21. The van der Waals surface area contributed by atoms with Gasteiger partial charge in [-0.1, -0.05) is 0 Å². The van der Waals surface area contributed by atoms with E-state index < -0.39 is 0 Å². The van der Waals surface area contributed by atoms with Gasteiger partial charge in [0.1, 0.15) is 0 Å². The molecule has 0 aromatic rings. The van der Waals surface area contributed by atoms with Crippen LogP contribution in [0.1, 0.15) is 13.8 Å². The van der Waals surface area contributed by atoms with E-state index in [1.165, 1.54) is 0 Å². The molecule has 38 valence electrons. The van der Waals surface area contributed by atoms with Crippen LogP contribution >= 0.6 is 0 Å². The second-order valence-electron chi connectivity index (χ2n) is 2.15. The second kappa shape index (κ2) is 1.97. The van der Waals surface area contributed by atoms with Crippen LogP contribution in [0.25, 0.3) is 0 Å². The molecule has 0 amide bonds. The summed E-state index contributed by atoms with van der Waals surface area (Å²) in [6.07, 6.45) is 0. The van der Waals surface area contributed by atoms with E-state index in [0.717, 1.165) is 5.32 Å². The molecule has 0 aromatic carbocycles. The SMILES string of the molecule is CC(C)(N)C[SeH]. The first-order chi connectivity index (χ1) is 2.56. The number of hydrogen-bond donors (Lipinski definition) is 1. The molecule has 0 aliphatic rings. The van der Waals surface area contributed by atoms with Crippen LogP contribution in [0.4, 0.5) is 0 Å². The first-order valence-electron chi connectivity index (χ1n) is 1.96. The van der Waals surface area contributed by atoms with Gasteiger partial charge in [-0.2, -0.15) is 0 Å². The molecule has 0 radical (unpaired) electrons. The van der Waals surface area contributed by atoms with Crippen LogP contribution in [0.3, 0.4) is 0 Å². The van der Waals surface area contributed by atoms with Crippen molar-refractivity contribution in [2.24, 2.45) is 5.73 Å². The zero-order valence-corrected chi connectivity index (χ0v) is 6.11. The molecule has 0 heterocycles. The first kappa shape index (κ1) is 6.48. The molecule has 0 aliphatic carbocycles. The van der Waals surface area contributed by atoms with E-state index in [9.17, 15) is 0 Å². The van der Waals surface area contributed by atoms with Crippen LogP contribution in [0.2, 0.25) is 5.32 Å². The van der Waals surface area contributed by atoms with E-state index in [2.05, 4.69) is 16.0 Å². The van der Waals surface area contributed by atoms with Crippen LogP contribution < -0.4 is 5.73 Å². The molecule has 1 nitrogen and oxygen atoms in total. The quantitative estimate of drug-likeness (QED) is 0.527. The Hall–Kier alpha value is 0.479. The van der Waals surface area contributed by atoms with Crippen LogP contribution in [0.15, 0.2) is 0 Å². The van der Waals surface area contributed by atoms with Crippen molar-refractivity contribution in [2.75, 3.05) is 0 Å². The van der Waals surface area contributed by atoms with E-state index >= 15 is 0 Å². The van der Waals surface area contributed by atoms with Gasteiger partial charge in [-0.25, -0.2) is 0 Å². The van der Waals surface area contributed by atoms with Crippen LogP contribution in [-0.2, 0) is 0 Å². The van der Waals surface area contributed by atoms with Crippen molar-refractivity contribution >= 4 is 16.0 Å². The third-order valence-corrected chi connectivity index (χ3v) is 2.12. The molecule has 2 N–H and O–H groups in total. The van der Waals surface area contributed by atoms with Gasteiger partial charge in [0, 0.05) is 0 Å². The van der Waals surface area contributed by atoms with Crippen molar-refractivity contribution in [3.8, 4) is 0 Å². The summed E-state index contributed by atoms with van der Waals surface area (Å²) >= 11 is 2.47. The standard InChI is InChI=1S/C4H11NSe/c1-4(2,5)3-6/h6H,3,5H2,1-2H3. The Bertz CT molecular complexity index is 37.3. The van der Waals surface area contributed by atoms with Gasteiger partial charge < -0.3 is 0 Å². The molecule has 0 spiro atoms. The molecular formula is C4H11NSe. The second-order valence-corrected chi connectivity index (χ2v) is 2.81. The van der Waals surface area contributed by atoms with Gasteiger partial charge in [-0.15, -0.1) is 0 Å². The Balaban J connectivity index is 3.17. The maximum atomic E-state index is 5.52. The Kier molecular flexibility index (Phi) is 2.12. The Morgan fingerprint density at radius 2 is 1.83 bits per heavy atom. The van der Waals surface area contributed by atoms with Gasteiger partial charge in [-0.05, 0) is 0 Å². The monoisotopic (exact) mass is 153 g/mol. The van der Waals surface area contributed by atoms with Crippen LogP contribution in [0, 0.1) is 0 Å². The molecule has 0 fully saturated rings. The molecule has 0 aromatic heterocycles. The molecule has 0 saturated carbocycles. The first-order valence-corrected chi connectivity index (χ1v) is 3.29. The molecule has 0 aliphatic heterocycles. The molecule has 6 heavy (non-hydrogen) atoms. The predicted octanol–water partition coefficient (Wildman–Crippen LogP) is 0.0428. The van der Waals surface area contributed by atoms with E-state index in [4.69, 9.17) is 5.73 Å². The number of nitrogens with two attached hydrogens (primary N) is 1. The van der Waals surface area contributed by atoms with E-state index in [1.54, 1.807) is 0 Å². The fourth-order valence-electron chi connectivity index (χ4n) is 0. The summed E-state index contributed by atoms with van der Waals surface area (Å²) in [5.74, 6) is 0. The van der Waals surface area contributed by atoms with Gasteiger partial charge in [0.25, 0.3) is 0 Å². The number of hydrogen-bond acceptors (Lipinski definition) is 1. The fourth-order valence-corrected chi connectivity index (χ4v) is 0. The molecule has 0 unspecified atom stereocenters. The summed E-state index contributed by atoms with van der Waals surface area (Å²) < 4.78 is 0. The minimum absolute atomic E-state index is 0.0139. The summed E-state index contributed by atoms with van der Waals surface area (Å²) in [4.78, 5) is 0. The van der Waals surface area contributed by atoms with Crippen molar-refractivity contribution in [3.05, 3.63) is 0 Å². The molecular weight excluding hydrogens is 141 g/mol. The maximum absolute atomic E-state index is 5.52. The number of rotatable bonds is 1. The van der Waals surface area contributed by atoms with Crippen molar-refractivity contribution in [1.82, 2.24) is 0 Å². The molecule has 0 bridgehead atoms.